The van der Waals surface area contributed by atoms with Gasteiger partial charge in [0.25, 0.3) is 0 Å². The molecule has 7 heteroatoms. The Morgan fingerprint density at radius 3 is 2.89 bits per heavy atom. The third-order valence-corrected chi connectivity index (χ3v) is 6.29. The topological polar surface area (TPSA) is 55.6 Å². The maximum Gasteiger partial charge on any atom is 0.224 e. The summed E-state index contributed by atoms with van der Waals surface area (Å²) in [6.45, 7) is 1.11. The number of halogens is 2. The van der Waals surface area contributed by atoms with Gasteiger partial charge in [0.2, 0.25) is 5.91 Å². The van der Waals surface area contributed by atoms with Gasteiger partial charge in [-0.15, -0.1) is 11.3 Å². The predicted molar refractivity (Wildman–Crippen MR) is 78.6 cm³/mol. The van der Waals surface area contributed by atoms with Crippen LogP contribution in [0.25, 0.3) is 0 Å². The molecule has 1 aromatic rings. The third kappa shape index (κ3) is 2.80. The fourth-order valence-corrected chi connectivity index (χ4v) is 4.42. The van der Waals surface area contributed by atoms with Crippen molar-refractivity contribution in [2.45, 2.75) is 18.5 Å². The van der Waals surface area contributed by atoms with Crippen LogP contribution in [0.15, 0.2) is 14.3 Å². The van der Waals surface area contributed by atoms with Gasteiger partial charge in [0, 0.05) is 35.5 Å². The summed E-state index contributed by atoms with van der Waals surface area (Å²) in [5.74, 6) is 0.102. The fraction of sp³-hybridized carbons (Fsp3) is 0.545. The number of carbonyl (C=O) groups excluding carboxylic acids is 1. The van der Waals surface area contributed by atoms with E-state index < -0.39 is 0 Å². The number of hydrogen-bond donors (Lipinski definition) is 1. The number of likely N-dealkylation sites (tertiary alicyclic amines) is 1. The maximum absolute atomic E-state index is 11.9. The van der Waals surface area contributed by atoms with Gasteiger partial charge in [-0.05, 0) is 37.9 Å². The number of methoxy groups -OCH3 is 1. The van der Waals surface area contributed by atoms with E-state index in [1.54, 1.807) is 18.4 Å². The lowest BCUT2D eigenvalue weighted by molar-refractivity contribution is -0.129. The lowest BCUT2D eigenvalue weighted by Gasteiger charge is -2.25. The normalized spacial score (nSPS) is 24.0. The zero-order chi connectivity index (χ0) is 13.3. The highest BCUT2D eigenvalue weighted by Gasteiger charge is 2.39. The molecule has 4 nitrogen and oxygen atoms in total. The van der Waals surface area contributed by atoms with Gasteiger partial charge in [-0.25, -0.2) is 0 Å². The number of nitrogens with zero attached hydrogens (tertiary/aromatic N) is 1. The van der Waals surface area contributed by atoms with Crippen LogP contribution in [0.1, 0.15) is 17.3 Å². The summed E-state index contributed by atoms with van der Waals surface area (Å²) in [5, 5.41) is 0. The van der Waals surface area contributed by atoms with Crippen LogP contribution in [0, 0.1) is 0 Å². The molecular weight excluding hydrogens is 384 g/mol. The molecule has 0 radical (unpaired) electrons. The van der Waals surface area contributed by atoms with Crippen LogP contribution in [-0.2, 0) is 9.53 Å². The Morgan fingerprint density at radius 1 is 1.61 bits per heavy atom. The summed E-state index contributed by atoms with van der Waals surface area (Å²) in [5.41, 5.74) is 6.10. The molecule has 0 aromatic carbocycles. The van der Waals surface area contributed by atoms with Crippen LogP contribution in [0.2, 0.25) is 0 Å². The molecule has 0 saturated carbocycles. The van der Waals surface area contributed by atoms with Crippen LogP contribution in [0.5, 0.6) is 0 Å². The van der Waals surface area contributed by atoms with Crippen LogP contribution in [0.4, 0.5) is 0 Å². The van der Waals surface area contributed by atoms with E-state index in [0.29, 0.717) is 19.6 Å². The summed E-state index contributed by atoms with van der Waals surface area (Å²) < 4.78 is 7.08. The molecule has 1 saturated heterocycles. The summed E-state index contributed by atoms with van der Waals surface area (Å²) in [6, 6.07) is 1.84. The molecule has 100 valence electrons. The summed E-state index contributed by atoms with van der Waals surface area (Å²) in [7, 11) is 1.63. The van der Waals surface area contributed by atoms with Gasteiger partial charge in [-0.1, -0.05) is 0 Å². The fourth-order valence-electron chi connectivity index (χ4n) is 2.14. The van der Waals surface area contributed by atoms with Gasteiger partial charge < -0.3 is 15.4 Å². The number of amides is 1. The van der Waals surface area contributed by atoms with E-state index in [4.69, 9.17) is 10.5 Å². The van der Waals surface area contributed by atoms with Crippen LogP contribution >= 0.6 is 43.2 Å². The summed E-state index contributed by atoms with van der Waals surface area (Å²) in [4.78, 5) is 14.9. The van der Waals surface area contributed by atoms with E-state index in [2.05, 4.69) is 31.9 Å². The minimum atomic E-state index is -0.146. The minimum Gasteiger partial charge on any atom is -0.383 e. The second kappa shape index (κ2) is 6.00. The van der Waals surface area contributed by atoms with Crippen LogP contribution in [-0.4, -0.2) is 37.1 Å². The Morgan fingerprint density at radius 2 is 2.33 bits per heavy atom. The van der Waals surface area contributed by atoms with Crippen molar-refractivity contribution in [3.05, 3.63) is 19.2 Å². The Balaban J connectivity index is 2.24. The molecule has 0 bridgehead atoms. The largest absolute Gasteiger partial charge is 0.383 e. The number of nitrogens with two attached hydrogens (primary N) is 1. The van der Waals surface area contributed by atoms with Crippen molar-refractivity contribution >= 4 is 49.1 Å². The van der Waals surface area contributed by atoms with E-state index in [0.717, 1.165) is 13.1 Å². The SMILES string of the molecule is COCCN1C(=O)CC(N)C1c1cc(Br)c(Br)s1. The lowest BCUT2D eigenvalue weighted by Crippen LogP contribution is -2.34. The first-order valence-corrected chi connectivity index (χ1v) is 7.93. The molecule has 2 heterocycles. The van der Waals surface area contributed by atoms with Crippen LogP contribution in [0.3, 0.4) is 0 Å². The van der Waals surface area contributed by atoms with Crippen molar-refractivity contribution in [3.63, 3.8) is 0 Å². The molecule has 1 amide bonds. The monoisotopic (exact) mass is 396 g/mol. The average Bonchev–Trinajstić information content (AvgIpc) is 2.77. The van der Waals surface area contributed by atoms with Gasteiger partial charge in [0.1, 0.15) is 0 Å². The molecule has 1 aliphatic heterocycles. The molecule has 2 rings (SSSR count). The highest BCUT2D eigenvalue weighted by Crippen LogP contribution is 2.41. The molecule has 1 fully saturated rings. The maximum atomic E-state index is 11.9. The Bertz CT molecular complexity index is 433. The van der Waals surface area contributed by atoms with Gasteiger partial charge in [0.05, 0.1) is 16.4 Å². The van der Waals surface area contributed by atoms with E-state index >= 15 is 0 Å². The van der Waals surface area contributed by atoms with Crippen molar-refractivity contribution in [1.29, 1.82) is 0 Å². The van der Waals surface area contributed by atoms with Gasteiger partial charge in [-0.3, -0.25) is 4.79 Å². The van der Waals surface area contributed by atoms with Crippen molar-refractivity contribution in [1.82, 2.24) is 4.90 Å². The van der Waals surface area contributed by atoms with Gasteiger partial charge >= 0.3 is 0 Å². The highest BCUT2D eigenvalue weighted by atomic mass is 79.9. The Kier molecular flexibility index (Phi) is 4.82. The summed E-state index contributed by atoms with van der Waals surface area (Å²) in [6.07, 6.45) is 0.404. The second-order valence-corrected chi connectivity index (χ2v) is 7.42. The van der Waals surface area contributed by atoms with Crippen molar-refractivity contribution in [2.24, 2.45) is 5.73 Å². The van der Waals surface area contributed by atoms with E-state index in [1.807, 2.05) is 11.0 Å². The number of rotatable bonds is 4. The van der Waals surface area contributed by atoms with E-state index in [9.17, 15) is 4.79 Å². The molecule has 2 unspecified atom stereocenters. The first kappa shape index (κ1) is 14.5. The smallest absolute Gasteiger partial charge is 0.224 e. The molecule has 2 atom stereocenters. The van der Waals surface area contributed by atoms with Crippen LogP contribution < -0.4 is 5.73 Å². The standard InChI is InChI=1S/C11H14Br2N2O2S/c1-17-3-2-15-9(16)5-7(14)10(15)8-4-6(12)11(13)18-8/h4,7,10H,2-3,5,14H2,1H3. The zero-order valence-corrected chi connectivity index (χ0v) is 13.8. The first-order valence-electron chi connectivity index (χ1n) is 5.53. The van der Waals surface area contributed by atoms with Gasteiger partial charge in [0.15, 0.2) is 0 Å². The molecule has 18 heavy (non-hydrogen) atoms. The minimum absolute atomic E-state index is 0.0414. The zero-order valence-electron chi connectivity index (χ0n) is 9.86. The number of carbonyl (C=O) groups is 1. The molecular formula is C11H14Br2N2O2S. The Hall–Kier alpha value is 0.0500. The van der Waals surface area contributed by atoms with Crippen molar-refractivity contribution in [2.75, 3.05) is 20.3 Å². The van der Waals surface area contributed by atoms with Crippen molar-refractivity contribution < 1.29 is 9.53 Å². The third-order valence-electron chi connectivity index (χ3n) is 2.96. The highest BCUT2D eigenvalue weighted by molar-refractivity contribution is 9.13. The quantitative estimate of drug-likeness (QED) is 0.849. The molecule has 1 aromatic heterocycles. The predicted octanol–water partition coefficient (Wildman–Crippen LogP) is 2.52. The number of hydrogen-bond acceptors (Lipinski definition) is 4. The second-order valence-electron chi connectivity index (χ2n) is 4.16. The summed E-state index contributed by atoms with van der Waals surface area (Å²) >= 11 is 8.55. The number of thiophene rings is 1. The average molecular weight is 398 g/mol. The number of ether oxygens (including phenoxy) is 1. The molecule has 1 aliphatic rings. The van der Waals surface area contributed by atoms with E-state index in [1.165, 1.54) is 0 Å². The molecule has 0 spiro atoms. The first-order chi connectivity index (χ1) is 8.54. The Labute approximate surface area is 127 Å². The van der Waals surface area contributed by atoms with Gasteiger partial charge in [-0.2, -0.15) is 0 Å². The lowest BCUT2D eigenvalue weighted by atomic mass is 10.1. The molecule has 2 N–H and O–H groups in total. The molecule has 0 aliphatic carbocycles. The van der Waals surface area contributed by atoms with Crippen molar-refractivity contribution in [3.8, 4) is 0 Å². The van der Waals surface area contributed by atoms with E-state index in [-0.39, 0.29) is 18.0 Å².